The number of benzene rings is 1. The van der Waals surface area contributed by atoms with Crippen molar-refractivity contribution in [1.82, 2.24) is 4.90 Å². The van der Waals surface area contributed by atoms with Crippen molar-refractivity contribution in [2.45, 2.75) is 39.2 Å². The molecule has 0 atom stereocenters. The van der Waals surface area contributed by atoms with Gasteiger partial charge in [0.2, 0.25) is 5.91 Å². The SMILES string of the molecule is CCCCCC(=O)N(CC(=O)O)Cc1cc(OC)cc(OC)c1. The van der Waals surface area contributed by atoms with Crippen LogP contribution >= 0.6 is 0 Å². The Bertz CT molecular complexity index is 507. The Morgan fingerprint density at radius 3 is 2.17 bits per heavy atom. The number of methoxy groups -OCH3 is 2. The normalized spacial score (nSPS) is 10.2. The number of rotatable bonds is 10. The maximum Gasteiger partial charge on any atom is 0.323 e. The molecule has 0 unspecified atom stereocenters. The molecular weight excluding hydrogens is 298 g/mol. The lowest BCUT2D eigenvalue weighted by Crippen LogP contribution is -2.35. The van der Waals surface area contributed by atoms with Crippen molar-refractivity contribution < 1.29 is 24.2 Å². The molecule has 6 heteroatoms. The number of carbonyl (C=O) groups excluding carboxylic acids is 1. The number of hydrogen-bond acceptors (Lipinski definition) is 4. The maximum atomic E-state index is 12.3. The van der Waals surface area contributed by atoms with Gasteiger partial charge in [-0.1, -0.05) is 19.8 Å². The highest BCUT2D eigenvalue weighted by Gasteiger charge is 2.17. The number of hydrogen-bond donors (Lipinski definition) is 1. The molecular formula is C17H25NO5. The first kappa shape index (κ1) is 18.8. The molecule has 0 bridgehead atoms. The zero-order chi connectivity index (χ0) is 17.2. The van der Waals surface area contributed by atoms with E-state index in [4.69, 9.17) is 14.6 Å². The van der Waals surface area contributed by atoms with E-state index >= 15 is 0 Å². The summed E-state index contributed by atoms with van der Waals surface area (Å²) in [5.74, 6) is 0.0347. The Hall–Kier alpha value is -2.24. The van der Waals surface area contributed by atoms with Gasteiger partial charge in [-0.15, -0.1) is 0 Å². The second-order valence-electron chi connectivity index (χ2n) is 5.32. The number of carboxylic acids is 1. The van der Waals surface area contributed by atoms with Crippen LogP contribution in [0.4, 0.5) is 0 Å². The van der Waals surface area contributed by atoms with Gasteiger partial charge in [-0.25, -0.2) is 0 Å². The van der Waals surface area contributed by atoms with Crippen molar-refractivity contribution in [3.63, 3.8) is 0 Å². The minimum atomic E-state index is -1.02. The lowest BCUT2D eigenvalue weighted by atomic mass is 10.1. The van der Waals surface area contributed by atoms with E-state index in [0.717, 1.165) is 24.8 Å². The quantitative estimate of drug-likeness (QED) is 0.670. The molecule has 0 saturated heterocycles. The molecule has 128 valence electrons. The summed E-state index contributed by atoms with van der Waals surface area (Å²) in [7, 11) is 3.09. The zero-order valence-corrected chi connectivity index (χ0v) is 14.0. The van der Waals surface area contributed by atoms with E-state index in [2.05, 4.69) is 6.92 Å². The summed E-state index contributed by atoms with van der Waals surface area (Å²) in [6, 6.07) is 5.28. The van der Waals surface area contributed by atoms with Crippen LogP contribution in [0.2, 0.25) is 0 Å². The van der Waals surface area contributed by atoms with Crippen molar-refractivity contribution in [3.8, 4) is 11.5 Å². The van der Waals surface area contributed by atoms with E-state index in [1.807, 2.05) is 0 Å². The van der Waals surface area contributed by atoms with Crippen LogP contribution in [-0.4, -0.2) is 42.6 Å². The summed E-state index contributed by atoms with van der Waals surface area (Å²) in [5.41, 5.74) is 0.770. The van der Waals surface area contributed by atoms with Crippen LogP contribution in [0, 0.1) is 0 Å². The molecule has 0 fully saturated rings. The predicted molar refractivity (Wildman–Crippen MR) is 86.7 cm³/mol. The molecule has 1 rings (SSSR count). The van der Waals surface area contributed by atoms with E-state index in [9.17, 15) is 9.59 Å². The molecule has 0 radical (unpaired) electrons. The number of nitrogens with zero attached hydrogens (tertiary/aromatic N) is 1. The third-order valence-corrected chi connectivity index (χ3v) is 3.46. The van der Waals surface area contributed by atoms with Crippen LogP contribution < -0.4 is 9.47 Å². The van der Waals surface area contributed by atoms with Gasteiger partial charge in [-0.05, 0) is 24.1 Å². The third kappa shape index (κ3) is 6.59. The number of amides is 1. The molecule has 0 aliphatic rings. The fourth-order valence-corrected chi connectivity index (χ4v) is 2.26. The van der Waals surface area contributed by atoms with Crippen LogP contribution in [0.25, 0.3) is 0 Å². The van der Waals surface area contributed by atoms with E-state index in [1.54, 1.807) is 32.4 Å². The number of unbranched alkanes of at least 4 members (excludes halogenated alkanes) is 2. The highest BCUT2D eigenvalue weighted by atomic mass is 16.5. The first-order valence-electron chi connectivity index (χ1n) is 7.71. The van der Waals surface area contributed by atoms with Crippen LogP contribution in [-0.2, 0) is 16.1 Å². The molecule has 0 aromatic heterocycles. The van der Waals surface area contributed by atoms with Crippen LogP contribution in [0.3, 0.4) is 0 Å². The van der Waals surface area contributed by atoms with Gasteiger partial charge in [0.25, 0.3) is 0 Å². The van der Waals surface area contributed by atoms with Gasteiger partial charge in [-0.3, -0.25) is 9.59 Å². The average molecular weight is 323 g/mol. The van der Waals surface area contributed by atoms with Crippen molar-refractivity contribution in [2.24, 2.45) is 0 Å². The largest absolute Gasteiger partial charge is 0.497 e. The van der Waals surface area contributed by atoms with Gasteiger partial charge in [0.05, 0.1) is 14.2 Å². The summed E-state index contributed by atoms with van der Waals surface area (Å²) < 4.78 is 10.4. The van der Waals surface area contributed by atoms with Gasteiger partial charge >= 0.3 is 5.97 Å². The minimum absolute atomic E-state index is 0.150. The standard InChI is InChI=1S/C17H25NO5/c1-4-5-6-7-16(19)18(12-17(20)21)11-13-8-14(22-2)10-15(9-13)23-3/h8-10H,4-7,11-12H2,1-3H3,(H,20,21). The Morgan fingerprint density at radius 2 is 1.70 bits per heavy atom. The fourth-order valence-electron chi connectivity index (χ4n) is 2.26. The lowest BCUT2D eigenvalue weighted by Gasteiger charge is -2.21. The average Bonchev–Trinajstić information content (AvgIpc) is 2.53. The topological polar surface area (TPSA) is 76.1 Å². The van der Waals surface area contributed by atoms with Crippen molar-refractivity contribution >= 4 is 11.9 Å². The summed E-state index contributed by atoms with van der Waals surface area (Å²) >= 11 is 0. The maximum absolute atomic E-state index is 12.3. The van der Waals surface area contributed by atoms with E-state index in [0.29, 0.717) is 17.9 Å². The Morgan fingerprint density at radius 1 is 1.09 bits per heavy atom. The Labute approximate surface area is 137 Å². The molecule has 0 aliphatic carbocycles. The number of carbonyl (C=O) groups is 2. The van der Waals surface area contributed by atoms with Gasteiger partial charge in [0.1, 0.15) is 18.0 Å². The molecule has 6 nitrogen and oxygen atoms in total. The van der Waals surface area contributed by atoms with Crippen molar-refractivity contribution in [1.29, 1.82) is 0 Å². The van der Waals surface area contributed by atoms with Crippen LogP contribution in [0.5, 0.6) is 11.5 Å². The lowest BCUT2D eigenvalue weighted by molar-refractivity contribution is -0.145. The number of aliphatic carboxylic acids is 1. The molecule has 0 saturated carbocycles. The van der Waals surface area contributed by atoms with Gasteiger partial charge in [0, 0.05) is 19.0 Å². The Balaban J connectivity index is 2.87. The Kier molecular flexibility index (Phi) is 7.94. The second kappa shape index (κ2) is 9.71. The molecule has 1 amide bonds. The molecule has 0 spiro atoms. The van der Waals surface area contributed by atoms with E-state index < -0.39 is 5.97 Å². The molecule has 0 aliphatic heterocycles. The summed E-state index contributed by atoms with van der Waals surface area (Å²) in [4.78, 5) is 24.7. The number of carboxylic acid groups (broad SMARTS) is 1. The molecule has 1 aromatic rings. The smallest absolute Gasteiger partial charge is 0.323 e. The molecule has 0 heterocycles. The summed E-state index contributed by atoms with van der Waals surface area (Å²) in [6.45, 7) is 1.96. The van der Waals surface area contributed by atoms with Crippen LogP contribution in [0.1, 0.15) is 38.2 Å². The summed E-state index contributed by atoms with van der Waals surface area (Å²) in [6.07, 6.45) is 3.11. The number of ether oxygens (including phenoxy) is 2. The van der Waals surface area contributed by atoms with E-state index in [1.165, 1.54) is 4.90 Å². The second-order valence-corrected chi connectivity index (χ2v) is 5.32. The van der Waals surface area contributed by atoms with E-state index in [-0.39, 0.29) is 19.0 Å². The monoisotopic (exact) mass is 323 g/mol. The molecule has 1 aromatic carbocycles. The highest BCUT2D eigenvalue weighted by Crippen LogP contribution is 2.23. The predicted octanol–water partition coefficient (Wildman–Crippen LogP) is 2.70. The van der Waals surface area contributed by atoms with Gasteiger partial charge in [0.15, 0.2) is 0 Å². The first-order chi connectivity index (χ1) is 11.0. The zero-order valence-electron chi connectivity index (χ0n) is 14.0. The third-order valence-electron chi connectivity index (χ3n) is 3.46. The highest BCUT2D eigenvalue weighted by molar-refractivity contribution is 5.81. The first-order valence-corrected chi connectivity index (χ1v) is 7.71. The summed E-state index contributed by atoms with van der Waals surface area (Å²) in [5, 5.41) is 9.04. The molecule has 1 N–H and O–H groups in total. The van der Waals surface area contributed by atoms with Gasteiger partial charge in [-0.2, -0.15) is 0 Å². The van der Waals surface area contributed by atoms with Gasteiger partial charge < -0.3 is 19.5 Å². The van der Waals surface area contributed by atoms with Crippen LogP contribution in [0.15, 0.2) is 18.2 Å². The van der Waals surface area contributed by atoms with Crippen molar-refractivity contribution in [2.75, 3.05) is 20.8 Å². The minimum Gasteiger partial charge on any atom is -0.497 e. The molecule has 23 heavy (non-hydrogen) atoms. The fraction of sp³-hybridized carbons (Fsp3) is 0.529. The van der Waals surface area contributed by atoms with Crippen molar-refractivity contribution in [3.05, 3.63) is 23.8 Å².